The Morgan fingerprint density at radius 2 is 2.00 bits per heavy atom. The maximum Gasteiger partial charge on any atom is 0.251 e. The number of nitrogens with two attached hydrogens (primary N) is 1. The Morgan fingerprint density at radius 3 is 2.67 bits per heavy atom. The number of amides is 1. The molecule has 1 aromatic rings. The van der Waals surface area contributed by atoms with Gasteiger partial charge in [0.1, 0.15) is 0 Å². The van der Waals surface area contributed by atoms with Crippen LogP contribution < -0.4 is 16.4 Å². The summed E-state index contributed by atoms with van der Waals surface area (Å²) < 4.78 is 0.773. The number of aliphatic hydroxyl groups excluding tert-OH is 1. The van der Waals surface area contributed by atoms with Crippen molar-refractivity contribution in [2.24, 2.45) is 0 Å². The Morgan fingerprint density at radius 1 is 1.26 bits per heavy atom. The summed E-state index contributed by atoms with van der Waals surface area (Å²) >= 11 is 3.53. The summed E-state index contributed by atoms with van der Waals surface area (Å²) in [6.45, 7) is 2.98. The van der Waals surface area contributed by atoms with Crippen molar-refractivity contribution < 1.29 is 9.90 Å². The van der Waals surface area contributed by atoms with Crippen molar-refractivity contribution >= 4 is 27.5 Å². The highest BCUT2D eigenvalue weighted by Gasteiger charge is 2.22. The van der Waals surface area contributed by atoms with Gasteiger partial charge < -0.3 is 21.5 Å². The minimum atomic E-state index is -0.0755. The molecule has 0 aromatic heterocycles. The lowest BCUT2D eigenvalue weighted by molar-refractivity contribution is 0.0952. The molecule has 1 aliphatic rings. The molecular weight excluding hydrogens is 406 g/mol. The van der Waals surface area contributed by atoms with E-state index in [1.807, 2.05) is 6.07 Å². The summed E-state index contributed by atoms with van der Waals surface area (Å²) in [5, 5.41) is 15.6. The summed E-state index contributed by atoms with van der Waals surface area (Å²) in [4.78, 5) is 12.6. The monoisotopic (exact) mass is 439 g/mol. The molecular formula is C21H34BrN3O2. The molecule has 5 nitrogen and oxygen atoms in total. The normalized spacial score (nSPS) is 16.3. The largest absolute Gasteiger partial charge is 0.398 e. The molecule has 0 radical (unpaired) electrons. The first kappa shape index (κ1) is 22.2. The van der Waals surface area contributed by atoms with Crippen LogP contribution in [0.3, 0.4) is 0 Å². The molecule has 0 spiro atoms. The van der Waals surface area contributed by atoms with Gasteiger partial charge in [0, 0.05) is 35.3 Å². The highest BCUT2D eigenvalue weighted by molar-refractivity contribution is 9.10. The number of unbranched alkanes of at least 4 members (excludes halogenated alkanes) is 2. The number of anilines is 1. The van der Waals surface area contributed by atoms with Gasteiger partial charge in [-0.3, -0.25) is 4.79 Å². The van der Waals surface area contributed by atoms with Crippen molar-refractivity contribution in [1.82, 2.24) is 10.6 Å². The van der Waals surface area contributed by atoms with Gasteiger partial charge in [-0.15, -0.1) is 0 Å². The number of carbonyl (C=O) groups is 1. The van der Waals surface area contributed by atoms with Gasteiger partial charge in [0.25, 0.3) is 5.91 Å². The molecule has 0 saturated heterocycles. The lowest BCUT2D eigenvalue weighted by Crippen LogP contribution is -2.34. The average Bonchev–Trinajstić information content (AvgIpc) is 2.68. The van der Waals surface area contributed by atoms with E-state index >= 15 is 0 Å². The van der Waals surface area contributed by atoms with Gasteiger partial charge in [0.15, 0.2) is 0 Å². The van der Waals surface area contributed by atoms with E-state index < -0.39 is 0 Å². The molecule has 152 valence electrons. The number of nitrogens with one attached hydrogen (secondary N) is 2. The number of benzene rings is 1. The first-order valence-electron chi connectivity index (χ1n) is 10.3. The van der Waals surface area contributed by atoms with Gasteiger partial charge in [0.05, 0.1) is 5.69 Å². The molecule has 1 atom stereocenters. The summed E-state index contributed by atoms with van der Waals surface area (Å²) in [6, 6.07) is 4.43. The Hall–Kier alpha value is -1.11. The number of carbonyl (C=O) groups excluding carboxylic acids is 1. The van der Waals surface area contributed by atoms with Crippen LogP contribution in [0.1, 0.15) is 86.7 Å². The molecule has 0 heterocycles. The number of rotatable bonds is 10. The van der Waals surface area contributed by atoms with Gasteiger partial charge in [0.2, 0.25) is 0 Å². The number of hydrogen-bond acceptors (Lipinski definition) is 4. The third kappa shape index (κ3) is 6.77. The maximum atomic E-state index is 12.6. The molecule has 1 aliphatic carbocycles. The molecule has 5 N–H and O–H groups in total. The minimum Gasteiger partial charge on any atom is -0.398 e. The molecule has 1 amide bonds. The van der Waals surface area contributed by atoms with E-state index in [-0.39, 0.29) is 18.6 Å². The second kappa shape index (κ2) is 11.7. The van der Waals surface area contributed by atoms with Crippen LogP contribution in [0.5, 0.6) is 0 Å². The summed E-state index contributed by atoms with van der Waals surface area (Å²) in [7, 11) is 0. The summed E-state index contributed by atoms with van der Waals surface area (Å²) in [5.74, 6) is -0.0755. The van der Waals surface area contributed by atoms with Crippen molar-refractivity contribution in [2.45, 2.75) is 76.8 Å². The van der Waals surface area contributed by atoms with E-state index in [1.54, 1.807) is 6.07 Å². The fraction of sp³-hybridized carbons (Fsp3) is 0.667. The van der Waals surface area contributed by atoms with Crippen LogP contribution >= 0.6 is 15.9 Å². The van der Waals surface area contributed by atoms with Gasteiger partial charge in [-0.2, -0.15) is 0 Å². The van der Waals surface area contributed by atoms with E-state index in [0.29, 0.717) is 23.8 Å². The Bertz CT molecular complexity index is 603. The predicted octanol–water partition coefficient (Wildman–Crippen LogP) is 4.30. The Balaban J connectivity index is 2.07. The second-order valence-electron chi connectivity index (χ2n) is 7.46. The predicted molar refractivity (Wildman–Crippen MR) is 115 cm³/mol. The molecule has 1 saturated carbocycles. The average molecular weight is 440 g/mol. The van der Waals surface area contributed by atoms with Crippen molar-refractivity contribution in [2.75, 3.05) is 18.9 Å². The SMILES string of the molecule is CCC(NC1CCCCC1)c1cc(C(=O)NCCCCCO)cc(Br)c1N. The standard InChI is InChI=1S/C21H34BrN3O2/c1-2-19(25-16-9-5-3-6-10-16)17-13-15(14-18(22)20(17)23)21(27)24-11-7-4-8-12-26/h13-14,16,19,25-26H,2-12,23H2,1H3,(H,24,27). The molecule has 2 rings (SSSR count). The summed E-state index contributed by atoms with van der Waals surface area (Å²) in [5.41, 5.74) is 8.70. The van der Waals surface area contributed by atoms with E-state index in [2.05, 4.69) is 33.5 Å². The van der Waals surface area contributed by atoms with Gasteiger partial charge >= 0.3 is 0 Å². The van der Waals surface area contributed by atoms with Crippen molar-refractivity contribution in [3.05, 3.63) is 27.7 Å². The highest BCUT2D eigenvalue weighted by atomic mass is 79.9. The van der Waals surface area contributed by atoms with E-state index in [0.717, 1.165) is 35.7 Å². The van der Waals surface area contributed by atoms with Crippen LogP contribution in [0.2, 0.25) is 0 Å². The third-order valence-corrected chi connectivity index (χ3v) is 6.03. The highest BCUT2D eigenvalue weighted by Crippen LogP contribution is 2.32. The Labute approximate surface area is 171 Å². The van der Waals surface area contributed by atoms with Crippen molar-refractivity contribution in [3.63, 3.8) is 0 Å². The van der Waals surface area contributed by atoms with Crippen molar-refractivity contribution in [3.8, 4) is 0 Å². The molecule has 1 unspecified atom stereocenters. The molecule has 1 fully saturated rings. The smallest absolute Gasteiger partial charge is 0.251 e. The number of hydrogen-bond donors (Lipinski definition) is 4. The summed E-state index contributed by atoms with van der Waals surface area (Å²) in [6.07, 6.45) is 9.82. The molecule has 27 heavy (non-hydrogen) atoms. The van der Waals surface area contributed by atoms with E-state index in [4.69, 9.17) is 10.8 Å². The van der Waals surface area contributed by atoms with E-state index in [1.165, 1.54) is 32.1 Å². The van der Waals surface area contributed by atoms with Gasteiger partial charge in [-0.05, 0) is 72.2 Å². The fourth-order valence-corrected chi connectivity index (χ4v) is 4.23. The lowest BCUT2D eigenvalue weighted by atomic mass is 9.92. The van der Waals surface area contributed by atoms with Crippen molar-refractivity contribution in [1.29, 1.82) is 0 Å². The van der Waals surface area contributed by atoms with Crippen LogP contribution in [0.15, 0.2) is 16.6 Å². The fourth-order valence-electron chi connectivity index (χ4n) is 3.76. The minimum absolute atomic E-state index is 0.0755. The molecule has 0 aliphatic heterocycles. The topological polar surface area (TPSA) is 87.4 Å². The van der Waals surface area contributed by atoms with Crippen LogP contribution in [0, 0.1) is 0 Å². The number of aliphatic hydroxyl groups is 1. The first-order valence-corrected chi connectivity index (χ1v) is 11.1. The molecule has 0 bridgehead atoms. The second-order valence-corrected chi connectivity index (χ2v) is 8.32. The van der Waals surface area contributed by atoms with Crippen LogP contribution in [0.25, 0.3) is 0 Å². The molecule has 6 heteroatoms. The molecule has 1 aromatic carbocycles. The van der Waals surface area contributed by atoms with Crippen LogP contribution in [-0.4, -0.2) is 30.2 Å². The van der Waals surface area contributed by atoms with E-state index in [9.17, 15) is 4.79 Å². The zero-order chi connectivity index (χ0) is 19.6. The van der Waals surface area contributed by atoms with Gasteiger partial charge in [-0.25, -0.2) is 0 Å². The number of nitrogen functional groups attached to an aromatic ring is 1. The quantitative estimate of drug-likeness (QED) is 0.323. The van der Waals surface area contributed by atoms with Crippen LogP contribution in [0.4, 0.5) is 5.69 Å². The first-order chi connectivity index (χ1) is 13.1. The zero-order valence-electron chi connectivity index (χ0n) is 16.4. The Kier molecular flexibility index (Phi) is 9.59. The zero-order valence-corrected chi connectivity index (χ0v) is 18.0. The third-order valence-electron chi connectivity index (χ3n) is 5.37. The lowest BCUT2D eigenvalue weighted by Gasteiger charge is -2.29. The van der Waals surface area contributed by atoms with Crippen LogP contribution in [-0.2, 0) is 0 Å². The number of halogens is 1. The maximum absolute atomic E-state index is 12.6. The van der Waals surface area contributed by atoms with Gasteiger partial charge in [-0.1, -0.05) is 26.2 Å².